The Morgan fingerprint density at radius 1 is 1.00 bits per heavy atom. The maximum atomic E-state index is 13.0. The van der Waals surface area contributed by atoms with E-state index in [1.54, 1.807) is 29.3 Å². The summed E-state index contributed by atoms with van der Waals surface area (Å²) in [5.74, 6) is -0.192. The molecule has 0 radical (unpaired) electrons. The molecule has 0 fully saturated rings. The molecule has 0 spiro atoms. The lowest BCUT2D eigenvalue weighted by Gasteiger charge is -2.23. The molecule has 2 aromatic carbocycles. The number of aromatic nitrogens is 1. The number of rotatable bonds is 7. The Balaban J connectivity index is 1.84. The van der Waals surface area contributed by atoms with Gasteiger partial charge in [-0.15, -0.1) is 0 Å². The number of carbonyl (C=O) groups excluding carboxylic acids is 1. The van der Waals surface area contributed by atoms with Gasteiger partial charge in [0.2, 0.25) is 5.91 Å². The summed E-state index contributed by atoms with van der Waals surface area (Å²) in [5, 5.41) is 11.3. The second kappa shape index (κ2) is 9.23. The molecule has 1 aromatic heterocycles. The van der Waals surface area contributed by atoms with Crippen LogP contribution in [0.3, 0.4) is 0 Å². The van der Waals surface area contributed by atoms with Crippen LogP contribution in [0.5, 0.6) is 0 Å². The van der Waals surface area contributed by atoms with Crippen LogP contribution < -0.4 is 0 Å². The van der Waals surface area contributed by atoms with E-state index in [1.807, 2.05) is 42.5 Å². The first-order valence-electron chi connectivity index (χ1n) is 8.67. The summed E-state index contributed by atoms with van der Waals surface area (Å²) in [4.78, 5) is 29.8. The highest BCUT2D eigenvalue weighted by Gasteiger charge is 2.20. The molecule has 0 saturated heterocycles. The van der Waals surface area contributed by atoms with Crippen molar-refractivity contribution in [3.05, 3.63) is 104 Å². The summed E-state index contributed by atoms with van der Waals surface area (Å²) in [5.41, 5.74) is 2.09. The Kier molecular flexibility index (Phi) is 6.49. The summed E-state index contributed by atoms with van der Waals surface area (Å²) in [6.07, 6.45) is 1.64. The van der Waals surface area contributed by atoms with E-state index in [2.05, 4.69) is 20.9 Å². The third-order valence-corrected chi connectivity index (χ3v) is 4.78. The fourth-order valence-electron chi connectivity index (χ4n) is 2.84. The van der Waals surface area contributed by atoms with Crippen LogP contribution in [0.25, 0.3) is 0 Å². The topological polar surface area (TPSA) is 76.3 Å². The molecule has 0 bridgehead atoms. The van der Waals surface area contributed by atoms with E-state index < -0.39 is 4.92 Å². The molecule has 6 nitrogen and oxygen atoms in total. The Morgan fingerprint density at radius 2 is 1.71 bits per heavy atom. The molecule has 0 N–H and O–H groups in total. The Hall–Kier alpha value is -3.06. The van der Waals surface area contributed by atoms with Crippen molar-refractivity contribution in [1.29, 1.82) is 0 Å². The van der Waals surface area contributed by atoms with E-state index in [-0.39, 0.29) is 18.0 Å². The molecule has 1 heterocycles. The summed E-state index contributed by atoms with van der Waals surface area (Å²) in [6, 6.07) is 19.6. The predicted octanol–water partition coefficient (Wildman–Crippen LogP) is 4.52. The van der Waals surface area contributed by atoms with Crippen LogP contribution in [0.2, 0.25) is 0 Å². The average Bonchev–Trinajstić information content (AvgIpc) is 2.70. The lowest BCUT2D eigenvalue weighted by atomic mass is 10.1. The van der Waals surface area contributed by atoms with Gasteiger partial charge in [0, 0.05) is 28.8 Å². The third-order valence-electron chi connectivity index (χ3n) is 4.25. The van der Waals surface area contributed by atoms with Gasteiger partial charge < -0.3 is 4.90 Å². The Morgan fingerprint density at radius 3 is 2.39 bits per heavy atom. The molecule has 28 heavy (non-hydrogen) atoms. The summed E-state index contributed by atoms with van der Waals surface area (Å²) in [6.45, 7) is 0.722. The van der Waals surface area contributed by atoms with E-state index in [9.17, 15) is 14.9 Å². The van der Waals surface area contributed by atoms with Gasteiger partial charge in [-0.05, 0) is 29.8 Å². The van der Waals surface area contributed by atoms with E-state index in [0.717, 1.165) is 15.7 Å². The average molecular weight is 440 g/mol. The summed E-state index contributed by atoms with van der Waals surface area (Å²) in [7, 11) is 0. The molecule has 0 atom stereocenters. The fourth-order valence-corrected chi connectivity index (χ4v) is 3.11. The van der Waals surface area contributed by atoms with Crippen LogP contribution in [0.4, 0.5) is 5.69 Å². The van der Waals surface area contributed by atoms with Crippen molar-refractivity contribution in [3.63, 3.8) is 0 Å². The van der Waals surface area contributed by atoms with E-state index >= 15 is 0 Å². The summed E-state index contributed by atoms with van der Waals surface area (Å²) < 4.78 is 0.957. The molecule has 7 heteroatoms. The first kappa shape index (κ1) is 19.7. The van der Waals surface area contributed by atoms with Crippen LogP contribution >= 0.6 is 15.9 Å². The normalized spacial score (nSPS) is 10.5. The van der Waals surface area contributed by atoms with E-state index in [0.29, 0.717) is 18.7 Å². The second-order valence-electron chi connectivity index (χ2n) is 6.26. The van der Waals surface area contributed by atoms with Crippen molar-refractivity contribution >= 4 is 27.5 Å². The highest BCUT2D eigenvalue weighted by Crippen LogP contribution is 2.20. The zero-order valence-electron chi connectivity index (χ0n) is 15.0. The standard InChI is InChI=1S/C21H18BrN3O3/c22-18-10-8-16(9-11-18)14-24(15-19-6-3-4-12-23-19)21(26)13-17-5-1-2-7-20(17)25(27)28/h1-12H,13-15H2. The van der Waals surface area contributed by atoms with E-state index in [1.165, 1.54) is 6.07 Å². The SMILES string of the molecule is O=C(Cc1ccccc1[N+](=O)[O-])N(Cc1ccc(Br)cc1)Cc1ccccn1. The van der Waals surface area contributed by atoms with Crippen LogP contribution in [-0.4, -0.2) is 20.7 Å². The smallest absolute Gasteiger partial charge is 0.273 e. The molecular weight excluding hydrogens is 422 g/mol. The number of hydrogen-bond acceptors (Lipinski definition) is 4. The number of hydrogen-bond donors (Lipinski definition) is 0. The van der Waals surface area contributed by atoms with Gasteiger partial charge in [-0.1, -0.05) is 52.3 Å². The molecule has 0 aliphatic carbocycles. The van der Waals surface area contributed by atoms with Gasteiger partial charge in [0.05, 0.1) is 23.6 Å². The van der Waals surface area contributed by atoms with Gasteiger partial charge in [-0.3, -0.25) is 19.9 Å². The maximum absolute atomic E-state index is 13.0. The van der Waals surface area contributed by atoms with Crippen molar-refractivity contribution in [2.75, 3.05) is 0 Å². The second-order valence-corrected chi connectivity index (χ2v) is 7.18. The molecule has 0 unspecified atom stereocenters. The molecule has 0 saturated carbocycles. The minimum Gasteiger partial charge on any atom is -0.332 e. The molecule has 0 aliphatic heterocycles. The minimum absolute atomic E-state index is 0.0412. The lowest BCUT2D eigenvalue weighted by molar-refractivity contribution is -0.385. The molecular formula is C21H18BrN3O3. The van der Waals surface area contributed by atoms with Gasteiger partial charge >= 0.3 is 0 Å². The van der Waals surface area contributed by atoms with Crippen LogP contribution in [0, 0.1) is 10.1 Å². The zero-order valence-corrected chi connectivity index (χ0v) is 16.6. The monoisotopic (exact) mass is 439 g/mol. The Bertz CT molecular complexity index is 962. The van der Waals surface area contributed by atoms with Crippen molar-refractivity contribution in [3.8, 4) is 0 Å². The first-order chi connectivity index (χ1) is 13.5. The summed E-state index contributed by atoms with van der Waals surface area (Å²) >= 11 is 3.41. The highest BCUT2D eigenvalue weighted by atomic mass is 79.9. The molecule has 1 amide bonds. The maximum Gasteiger partial charge on any atom is 0.273 e. The van der Waals surface area contributed by atoms with Crippen LogP contribution in [0.15, 0.2) is 77.4 Å². The molecule has 142 valence electrons. The van der Waals surface area contributed by atoms with Gasteiger partial charge in [0.15, 0.2) is 0 Å². The fraction of sp³-hybridized carbons (Fsp3) is 0.143. The Labute approximate surface area is 171 Å². The van der Waals surface area contributed by atoms with Gasteiger partial charge in [-0.25, -0.2) is 0 Å². The van der Waals surface area contributed by atoms with Crippen molar-refractivity contribution in [1.82, 2.24) is 9.88 Å². The molecule has 3 aromatic rings. The van der Waals surface area contributed by atoms with Gasteiger partial charge in [0.1, 0.15) is 0 Å². The quantitative estimate of drug-likeness (QED) is 0.400. The number of benzene rings is 2. The third kappa shape index (κ3) is 5.23. The number of nitrogens with zero attached hydrogens (tertiary/aromatic N) is 3. The number of nitro groups is 1. The van der Waals surface area contributed by atoms with Gasteiger partial charge in [0.25, 0.3) is 5.69 Å². The number of pyridine rings is 1. The number of amides is 1. The van der Waals surface area contributed by atoms with Gasteiger partial charge in [-0.2, -0.15) is 0 Å². The molecule has 0 aliphatic rings. The zero-order chi connectivity index (χ0) is 19.9. The van der Waals surface area contributed by atoms with Crippen LogP contribution in [0.1, 0.15) is 16.8 Å². The largest absolute Gasteiger partial charge is 0.332 e. The number of halogens is 1. The highest BCUT2D eigenvalue weighted by molar-refractivity contribution is 9.10. The molecule has 3 rings (SSSR count). The minimum atomic E-state index is -0.458. The lowest BCUT2D eigenvalue weighted by Crippen LogP contribution is -2.32. The number of nitro benzene ring substituents is 1. The number of carbonyl (C=O) groups is 1. The number of para-hydroxylation sites is 1. The van der Waals surface area contributed by atoms with Crippen LogP contribution in [-0.2, 0) is 24.3 Å². The van der Waals surface area contributed by atoms with Crippen molar-refractivity contribution in [2.45, 2.75) is 19.5 Å². The van der Waals surface area contributed by atoms with Crippen molar-refractivity contribution < 1.29 is 9.72 Å². The first-order valence-corrected chi connectivity index (χ1v) is 9.46. The predicted molar refractivity (Wildman–Crippen MR) is 109 cm³/mol. The van der Waals surface area contributed by atoms with E-state index in [4.69, 9.17) is 0 Å². The van der Waals surface area contributed by atoms with Crippen molar-refractivity contribution in [2.24, 2.45) is 0 Å².